The van der Waals surface area contributed by atoms with Crippen molar-refractivity contribution in [2.45, 2.75) is 26.3 Å². The molecule has 1 rings (SSSR count). The van der Waals surface area contributed by atoms with E-state index < -0.39 is 0 Å². The van der Waals surface area contributed by atoms with E-state index in [1.54, 1.807) is 0 Å². The standard InChI is InChI=1S/C12H17BrClNO/c1-12(2,3)15-6-7-16-11-5-4-9(14)8-10(11)13/h4-5,8,15H,6-7H2,1-3H3/p+1. The van der Waals surface area contributed by atoms with Gasteiger partial charge in [-0.2, -0.15) is 0 Å². The summed E-state index contributed by atoms with van der Waals surface area (Å²) in [5, 5.41) is 2.97. The first kappa shape index (κ1) is 13.8. The maximum absolute atomic E-state index is 5.85. The van der Waals surface area contributed by atoms with Crippen molar-refractivity contribution in [2.24, 2.45) is 0 Å². The molecule has 0 heterocycles. The van der Waals surface area contributed by atoms with Crippen molar-refractivity contribution in [3.05, 3.63) is 27.7 Å². The van der Waals surface area contributed by atoms with E-state index in [-0.39, 0.29) is 5.54 Å². The van der Waals surface area contributed by atoms with Gasteiger partial charge in [-0.05, 0) is 54.9 Å². The Morgan fingerprint density at radius 3 is 2.62 bits per heavy atom. The summed E-state index contributed by atoms with van der Waals surface area (Å²) in [5.41, 5.74) is 0.251. The fourth-order valence-electron chi connectivity index (χ4n) is 1.25. The highest BCUT2D eigenvalue weighted by molar-refractivity contribution is 9.10. The van der Waals surface area contributed by atoms with E-state index >= 15 is 0 Å². The number of rotatable bonds is 4. The maximum atomic E-state index is 5.85. The molecule has 1 aromatic rings. The second-order valence-corrected chi connectivity index (χ2v) is 6.07. The zero-order valence-corrected chi connectivity index (χ0v) is 12.2. The first-order chi connectivity index (χ1) is 7.38. The van der Waals surface area contributed by atoms with Gasteiger partial charge < -0.3 is 10.1 Å². The Balaban J connectivity index is 2.38. The van der Waals surface area contributed by atoms with Gasteiger partial charge >= 0.3 is 0 Å². The number of quaternary nitrogens is 1. The van der Waals surface area contributed by atoms with Crippen LogP contribution >= 0.6 is 27.5 Å². The van der Waals surface area contributed by atoms with Crippen LogP contribution in [-0.2, 0) is 0 Å². The van der Waals surface area contributed by atoms with Gasteiger partial charge in [0.2, 0.25) is 0 Å². The average Bonchev–Trinajstić information content (AvgIpc) is 2.13. The predicted octanol–water partition coefficient (Wildman–Crippen LogP) is 2.84. The molecule has 0 saturated heterocycles. The molecule has 0 radical (unpaired) electrons. The number of halogens is 2. The Bertz CT molecular complexity index is 349. The van der Waals surface area contributed by atoms with Gasteiger partial charge in [0.1, 0.15) is 18.9 Å². The minimum Gasteiger partial charge on any atom is -0.487 e. The van der Waals surface area contributed by atoms with Crippen LogP contribution in [0.25, 0.3) is 0 Å². The number of nitrogens with two attached hydrogens (primary N) is 1. The molecule has 16 heavy (non-hydrogen) atoms. The Hall–Kier alpha value is -0.250. The lowest BCUT2D eigenvalue weighted by atomic mass is 10.1. The molecular formula is C12H18BrClNO+. The van der Waals surface area contributed by atoms with Crippen LogP contribution in [0.4, 0.5) is 0 Å². The molecule has 90 valence electrons. The summed E-state index contributed by atoms with van der Waals surface area (Å²) in [6.45, 7) is 8.19. The van der Waals surface area contributed by atoms with Crippen LogP contribution in [0.3, 0.4) is 0 Å². The van der Waals surface area contributed by atoms with Gasteiger partial charge in [-0.25, -0.2) is 0 Å². The van der Waals surface area contributed by atoms with E-state index in [2.05, 4.69) is 42.0 Å². The van der Waals surface area contributed by atoms with Crippen molar-refractivity contribution in [2.75, 3.05) is 13.2 Å². The van der Waals surface area contributed by atoms with Crippen molar-refractivity contribution >= 4 is 27.5 Å². The minimum atomic E-state index is 0.251. The van der Waals surface area contributed by atoms with E-state index in [1.807, 2.05) is 18.2 Å². The number of hydrogen-bond donors (Lipinski definition) is 1. The zero-order chi connectivity index (χ0) is 12.2. The summed E-state index contributed by atoms with van der Waals surface area (Å²) >= 11 is 9.27. The van der Waals surface area contributed by atoms with Gasteiger partial charge in [-0.3, -0.25) is 0 Å². The number of ether oxygens (including phenoxy) is 1. The Morgan fingerprint density at radius 1 is 1.38 bits per heavy atom. The molecule has 0 aliphatic carbocycles. The first-order valence-electron chi connectivity index (χ1n) is 5.31. The summed E-state index contributed by atoms with van der Waals surface area (Å²) in [6.07, 6.45) is 0. The molecule has 4 heteroatoms. The molecule has 0 aromatic heterocycles. The molecule has 0 fully saturated rings. The summed E-state index contributed by atoms with van der Waals surface area (Å²) < 4.78 is 6.55. The summed E-state index contributed by atoms with van der Waals surface area (Å²) in [5.74, 6) is 0.840. The van der Waals surface area contributed by atoms with E-state index in [0.29, 0.717) is 11.6 Å². The molecule has 0 bridgehead atoms. The highest BCUT2D eigenvalue weighted by atomic mass is 79.9. The molecule has 0 spiro atoms. The normalized spacial score (nSPS) is 11.6. The zero-order valence-electron chi connectivity index (χ0n) is 9.89. The fraction of sp³-hybridized carbons (Fsp3) is 0.500. The average molecular weight is 308 g/mol. The molecule has 2 N–H and O–H groups in total. The highest BCUT2D eigenvalue weighted by Gasteiger charge is 2.12. The molecule has 1 aromatic carbocycles. The van der Waals surface area contributed by atoms with E-state index in [1.165, 1.54) is 0 Å². The molecular weight excluding hydrogens is 289 g/mol. The molecule has 0 atom stereocenters. The van der Waals surface area contributed by atoms with Crippen molar-refractivity contribution < 1.29 is 10.1 Å². The number of hydrogen-bond acceptors (Lipinski definition) is 1. The quantitative estimate of drug-likeness (QED) is 0.851. The van der Waals surface area contributed by atoms with Crippen molar-refractivity contribution in [1.29, 1.82) is 0 Å². The van der Waals surface area contributed by atoms with Crippen LogP contribution in [0, 0.1) is 0 Å². The van der Waals surface area contributed by atoms with Crippen LogP contribution < -0.4 is 10.1 Å². The second kappa shape index (κ2) is 5.89. The lowest BCUT2D eigenvalue weighted by Gasteiger charge is -2.17. The molecule has 0 aliphatic rings. The molecule has 2 nitrogen and oxygen atoms in total. The summed E-state index contributed by atoms with van der Waals surface area (Å²) in [6, 6.07) is 5.54. The predicted molar refractivity (Wildman–Crippen MR) is 71.2 cm³/mol. The SMILES string of the molecule is CC(C)(C)[NH2+]CCOc1ccc(Cl)cc1Br. The molecule has 0 amide bonds. The van der Waals surface area contributed by atoms with Crippen LogP contribution in [0.5, 0.6) is 5.75 Å². The largest absolute Gasteiger partial charge is 0.487 e. The van der Waals surface area contributed by atoms with Crippen LogP contribution in [0.2, 0.25) is 5.02 Å². The molecule has 0 aliphatic heterocycles. The smallest absolute Gasteiger partial charge is 0.137 e. The lowest BCUT2D eigenvalue weighted by molar-refractivity contribution is -0.717. The van der Waals surface area contributed by atoms with Crippen LogP contribution in [-0.4, -0.2) is 18.7 Å². The molecule has 0 unspecified atom stereocenters. The third-order valence-corrected chi connectivity index (χ3v) is 2.88. The van der Waals surface area contributed by atoms with E-state index in [9.17, 15) is 0 Å². The van der Waals surface area contributed by atoms with Crippen molar-refractivity contribution in [1.82, 2.24) is 0 Å². The van der Waals surface area contributed by atoms with Gasteiger partial charge in [0, 0.05) is 5.02 Å². The highest BCUT2D eigenvalue weighted by Crippen LogP contribution is 2.27. The fourth-order valence-corrected chi connectivity index (χ4v) is 2.05. The van der Waals surface area contributed by atoms with Crippen molar-refractivity contribution in [3.63, 3.8) is 0 Å². The van der Waals surface area contributed by atoms with Crippen LogP contribution in [0.1, 0.15) is 20.8 Å². The van der Waals surface area contributed by atoms with Gasteiger partial charge in [-0.1, -0.05) is 11.6 Å². The monoisotopic (exact) mass is 306 g/mol. The third kappa shape index (κ3) is 5.19. The number of benzene rings is 1. The topological polar surface area (TPSA) is 25.8 Å². The summed E-state index contributed by atoms with van der Waals surface area (Å²) in [7, 11) is 0. The maximum Gasteiger partial charge on any atom is 0.137 e. The first-order valence-corrected chi connectivity index (χ1v) is 6.48. The van der Waals surface area contributed by atoms with Crippen molar-refractivity contribution in [3.8, 4) is 5.75 Å². The van der Waals surface area contributed by atoms with Gasteiger partial charge in [0.15, 0.2) is 0 Å². The summed E-state index contributed by atoms with van der Waals surface area (Å²) in [4.78, 5) is 0. The minimum absolute atomic E-state index is 0.251. The molecule has 0 saturated carbocycles. The lowest BCUT2D eigenvalue weighted by Crippen LogP contribution is -2.95. The van der Waals surface area contributed by atoms with Gasteiger partial charge in [0.05, 0.1) is 10.0 Å². The third-order valence-electron chi connectivity index (χ3n) is 2.03. The Labute approximate surface area is 110 Å². The van der Waals surface area contributed by atoms with Gasteiger partial charge in [-0.15, -0.1) is 0 Å². The van der Waals surface area contributed by atoms with Crippen LogP contribution in [0.15, 0.2) is 22.7 Å². The Morgan fingerprint density at radius 2 is 2.06 bits per heavy atom. The second-order valence-electron chi connectivity index (χ2n) is 4.78. The van der Waals surface area contributed by atoms with E-state index in [0.717, 1.165) is 16.8 Å². The Kier molecular flexibility index (Phi) is 5.09. The van der Waals surface area contributed by atoms with E-state index in [4.69, 9.17) is 16.3 Å². The van der Waals surface area contributed by atoms with Gasteiger partial charge in [0.25, 0.3) is 0 Å².